The SMILES string of the molecule is CNC(=O)c1c(O)c2c3n(c1=O)CC(Cn1ccnc1)OC3=C(Cc1ccc(F)cc1)I=N2. The number of ether oxygens (including phenoxy) is 1. The van der Waals surface area contributed by atoms with Crippen LogP contribution in [0.25, 0.3) is 5.76 Å². The zero-order valence-electron chi connectivity index (χ0n) is 17.5. The number of rotatable bonds is 5. The summed E-state index contributed by atoms with van der Waals surface area (Å²) in [4.78, 5) is 29.7. The molecule has 0 radical (unpaired) electrons. The number of nitrogens with one attached hydrogen (secondary N) is 1. The molecule has 2 aliphatic heterocycles. The summed E-state index contributed by atoms with van der Waals surface area (Å²) in [6, 6.07) is 6.20. The summed E-state index contributed by atoms with van der Waals surface area (Å²) in [5, 5.41) is 13.2. The van der Waals surface area contributed by atoms with E-state index in [1.807, 2.05) is 4.57 Å². The lowest BCUT2D eigenvalue weighted by atomic mass is 10.1. The van der Waals surface area contributed by atoms with Crippen LogP contribution in [0.4, 0.5) is 10.1 Å². The van der Waals surface area contributed by atoms with E-state index in [9.17, 15) is 19.1 Å². The predicted molar refractivity (Wildman–Crippen MR) is 126 cm³/mol. The first-order valence-corrected chi connectivity index (χ1v) is 12.2. The van der Waals surface area contributed by atoms with Crippen LogP contribution >= 0.6 is 21.0 Å². The maximum Gasteiger partial charge on any atom is 0.268 e. The lowest BCUT2D eigenvalue weighted by Gasteiger charge is -2.33. The van der Waals surface area contributed by atoms with Crippen molar-refractivity contribution >= 4 is 38.4 Å². The van der Waals surface area contributed by atoms with Gasteiger partial charge in [0.05, 0.1) is 23.0 Å². The number of amides is 1. The highest BCUT2D eigenvalue weighted by Gasteiger charge is 2.36. The number of hydrogen-bond donors (Lipinski definition) is 2. The van der Waals surface area contributed by atoms with Gasteiger partial charge in [-0.3, -0.25) is 14.2 Å². The third-order valence-electron chi connectivity index (χ3n) is 5.48. The first kappa shape index (κ1) is 21.5. The van der Waals surface area contributed by atoms with Crippen LogP contribution in [0.5, 0.6) is 5.75 Å². The molecule has 0 bridgehead atoms. The summed E-state index contributed by atoms with van der Waals surface area (Å²) < 4.78 is 28.6. The van der Waals surface area contributed by atoms with Crippen molar-refractivity contribution in [2.24, 2.45) is 3.15 Å². The molecule has 2 N–H and O–H groups in total. The van der Waals surface area contributed by atoms with Crippen molar-refractivity contribution in [3.8, 4) is 5.75 Å². The van der Waals surface area contributed by atoms with Gasteiger partial charge in [-0.25, -0.2) is 12.5 Å². The first-order valence-electron chi connectivity index (χ1n) is 10.1. The number of imidazole rings is 1. The van der Waals surface area contributed by atoms with Crippen molar-refractivity contribution in [2.45, 2.75) is 25.6 Å². The molecule has 0 aliphatic carbocycles. The Morgan fingerprint density at radius 2 is 2.15 bits per heavy atom. The van der Waals surface area contributed by atoms with Gasteiger partial charge in [0.15, 0.2) is 11.5 Å². The maximum absolute atomic E-state index is 13.4. The molecule has 1 atom stereocenters. The van der Waals surface area contributed by atoms with Crippen LogP contribution < -0.4 is 10.9 Å². The van der Waals surface area contributed by atoms with E-state index < -0.39 is 44.4 Å². The van der Waals surface area contributed by atoms with Gasteiger partial charge in [0, 0.05) is 46.9 Å². The van der Waals surface area contributed by atoms with Crippen LogP contribution in [0, 0.1) is 5.82 Å². The van der Waals surface area contributed by atoms with Crippen molar-refractivity contribution in [3.63, 3.8) is 0 Å². The molecule has 0 saturated heterocycles. The molecule has 0 fully saturated rings. The number of aromatic nitrogens is 3. The molecule has 4 heterocycles. The van der Waals surface area contributed by atoms with Crippen LogP contribution in [0.3, 0.4) is 0 Å². The van der Waals surface area contributed by atoms with Gasteiger partial charge in [0.1, 0.15) is 28.9 Å². The molecular formula is C22H19FIN5O4. The Kier molecular flexibility index (Phi) is 5.56. The Balaban J connectivity index is 1.66. The Morgan fingerprint density at radius 1 is 1.36 bits per heavy atom. The number of hydrogen-bond acceptors (Lipinski definition) is 6. The van der Waals surface area contributed by atoms with E-state index in [0.29, 0.717) is 24.4 Å². The normalized spacial score (nSPS) is 16.6. The number of allylic oxidation sites excluding steroid dienone is 1. The van der Waals surface area contributed by atoms with Crippen molar-refractivity contribution in [1.82, 2.24) is 19.4 Å². The molecule has 2 aliphatic rings. The van der Waals surface area contributed by atoms with Gasteiger partial charge in [0.2, 0.25) is 0 Å². The summed E-state index contributed by atoms with van der Waals surface area (Å²) in [5.41, 5.74) is 0.555. The van der Waals surface area contributed by atoms with Crippen molar-refractivity contribution in [1.29, 1.82) is 0 Å². The van der Waals surface area contributed by atoms with Crippen molar-refractivity contribution in [2.75, 3.05) is 7.05 Å². The van der Waals surface area contributed by atoms with Gasteiger partial charge in [-0.05, 0) is 17.7 Å². The first-order chi connectivity index (χ1) is 16.0. The number of carbonyl (C=O) groups is 1. The molecular weight excluding hydrogens is 544 g/mol. The monoisotopic (exact) mass is 563 g/mol. The molecule has 11 heteroatoms. The van der Waals surface area contributed by atoms with Gasteiger partial charge in [-0.15, -0.1) is 0 Å². The van der Waals surface area contributed by atoms with E-state index in [-0.39, 0.29) is 23.6 Å². The molecule has 1 unspecified atom stereocenters. The van der Waals surface area contributed by atoms with Crippen LogP contribution in [-0.4, -0.2) is 38.3 Å². The van der Waals surface area contributed by atoms with Crippen LogP contribution in [0.1, 0.15) is 21.6 Å². The molecule has 0 spiro atoms. The summed E-state index contributed by atoms with van der Waals surface area (Å²) in [6.45, 7) is 0.630. The van der Waals surface area contributed by atoms with Crippen LogP contribution in [0.2, 0.25) is 0 Å². The summed E-state index contributed by atoms with van der Waals surface area (Å²) in [6.07, 6.45) is 5.20. The second-order valence-electron chi connectivity index (χ2n) is 7.62. The molecule has 0 saturated carbocycles. The number of aromatic hydroxyl groups is 1. The second-order valence-corrected chi connectivity index (χ2v) is 9.89. The predicted octanol–water partition coefficient (Wildman–Crippen LogP) is 3.06. The standard InChI is InChI=1S/C22H19FIN5O4/c1-25-21(31)16-19(30)17-18-20(15(24-27-17)8-12-2-4-13(23)5-3-12)33-14(10-29(18)22(16)32)9-28-7-6-26-11-28/h2-7,11,14,30H,8-10H2,1H3,(H,25,31). The second kappa shape index (κ2) is 8.54. The Labute approximate surface area is 197 Å². The van der Waals surface area contributed by atoms with E-state index in [2.05, 4.69) is 13.4 Å². The molecule has 9 nitrogen and oxygen atoms in total. The van der Waals surface area contributed by atoms with E-state index in [0.717, 1.165) is 9.14 Å². The summed E-state index contributed by atoms with van der Waals surface area (Å²) in [7, 11) is 1.40. The fourth-order valence-electron chi connectivity index (χ4n) is 3.91. The van der Waals surface area contributed by atoms with Crippen LogP contribution in [-0.2, 0) is 24.2 Å². The van der Waals surface area contributed by atoms with Gasteiger partial charge in [-0.2, -0.15) is 0 Å². The average molecular weight is 563 g/mol. The van der Waals surface area contributed by atoms with Crippen LogP contribution in [0.15, 0.2) is 54.5 Å². The summed E-state index contributed by atoms with van der Waals surface area (Å²) >= 11 is -0.974. The highest BCUT2D eigenvalue weighted by Crippen LogP contribution is 2.48. The zero-order chi connectivity index (χ0) is 23.1. The Morgan fingerprint density at radius 3 is 2.85 bits per heavy atom. The van der Waals surface area contributed by atoms with E-state index in [4.69, 9.17) is 4.74 Å². The molecule has 3 aromatic rings. The maximum atomic E-state index is 13.4. The highest BCUT2D eigenvalue weighted by molar-refractivity contribution is 14.2. The number of pyridine rings is 1. The van der Waals surface area contributed by atoms with Crippen molar-refractivity contribution in [3.05, 3.63) is 79.6 Å². The topological polar surface area (TPSA) is 111 Å². The van der Waals surface area contributed by atoms with E-state index in [1.165, 1.54) is 23.7 Å². The lowest BCUT2D eigenvalue weighted by Crippen LogP contribution is -2.40. The third kappa shape index (κ3) is 3.86. The minimum absolute atomic E-state index is 0.185. The van der Waals surface area contributed by atoms with E-state index >= 15 is 0 Å². The number of halogens is 2. The van der Waals surface area contributed by atoms with Crippen molar-refractivity contribution < 1.29 is 19.0 Å². The fourth-order valence-corrected chi connectivity index (χ4v) is 6.12. The minimum Gasteiger partial charge on any atom is -0.505 e. The number of benzene rings is 1. The zero-order valence-corrected chi connectivity index (χ0v) is 19.6. The fraction of sp³-hybridized carbons (Fsp3) is 0.227. The Bertz CT molecular complexity index is 1360. The lowest BCUT2D eigenvalue weighted by molar-refractivity contribution is 0.0948. The van der Waals surface area contributed by atoms with E-state index in [1.54, 1.807) is 30.9 Å². The molecule has 33 heavy (non-hydrogen) atoms. The molecule has 1 aromatic carbocycles. The highest BCUT2D eigenvalue weighted by atomic mass is 127. The number of carbonyl (C=O) groups excluding carboxylic acids is 1. The van der Waals surface area contributed by atoms with Gasteiger partial charge >= 0.3 is 0 Å². The summed E-state index contributed by atoms with van der Waals surface area (Å²) in [5.74, 6) is -0.915. The largest absolute Gasteiger partial charge is 0.505 e. The molecule has 2 aromatic heterocycles. The molecule has 170 valence electrons. The number of nitrogens with zero attached hydrogens (tertiary/aromatic N) is 4. The molecule has 1 amide bonds. The van der Waals surface area contributed by atoms with Gasteiger partial charge in [0.25, 0.3) is 11.5 Å². The Hall–Kier alpha value is -3.35. The quantitative estimate of drug-likeness (QED) is 0.464. The van der Waals surface area contributed by atoms with Gasteiger partial charge in [-0.1, -0.05) is 12.1 Å². The third-order valence-corrected chi connectivity index (χ3v) is 7.65. The average Bonchev–Trinajstić information content (AvgIpc) is 3.32. The van der Waals surface area contributed by atoms with Gasteiger partial charge < -0.3 is 19.7 Å². The molecule has 5 rings (SSSR count). The smallest absolute Gasteiger partial charge is 0.268 e. The minimum atomic E-state index is -0.974.